The van der Waals surface area contributed by atoms with E-state index in [-0.39, 0.29) is 37.8 Å². The summed E-state index contributed by atoms with van der Waals surface area (Å²) in [5, 5.41) is 2.66. The highest BCUT2D eigenvalue weighted by Gasteiger charge is 2.23. The van der Waals surface area contributed by atoms with E-state index in [2.05, 4.69) is 10.7 Å². The topological polar surface area (TPSA) is 126 Å². The standard InChI is InChI=1S/C24H33N3O8/c1-24(2,3)35-23(30)26-27-13-11-18(28)21(34-15-17-9-7-6-8-10-17)20(27)22(29)25-12-14-33-16-19(31-4)32-5/h6-11,13,19H,12,14-16H2,1-5H3,(H,25,29)(H,26,30). The minimum Gasteiger partial charge on any atom is -0.482 e. The summed E-state index contributed by atoms with van der Waals surface area (Å²) in [7, 11) is 2.98. The molecule has 0 fully saturated rings. The zero-order valence-electron chi connectivity index (χ0n) is 20.7. The molecule has 11 nitrogen and oxygen atoms in total. The van der Waals surface area contributed by atoms with Crippen molar-refractivity contribution in [2.24, 2.45) is 0 Å². The lowest BCUT2D eigenvalue weighted by atomic mass is 10.2. The maximum atomic E-state index is 13.1. The average Bonchev–Trinajstić information content (AvgIpc) is 2.80. The van der Waals surface area contributed by atoms with Gasteiger partial charge in [-0.05, 0) is 26.3 Å². The molecule has 1 heterocycles. The number of carbonyl (C=O) groups is 2. The molecular weight excluding hydrogens is 458 g/mol. The number of hydrogen-bond acceptors (Lipinski definition) is 8. The van der Waals surface area contributed by atoms with Crippen LogP contribution in [0.15, 0.2) is 47.4 Å². The van der Waals surface area contributed by atoms with Crippen molar-refractivity contribution in [2.45, 2.75) is 39.3 Å². The number of amides is 2. The molecule has 2 N–H and O–H groups in total. The van der Waals surface area contributed by atoms with Crippen LogP contribution in [-0.2, 0) is 25.6 Å². The number of nitrogens with zero attached hydrogens (tertiary/aromatic N) is 1. The molecule has 0 saturated heterocycles. The number of hydrogen-bond donors (Lipinski definition) is 2. The number of methoxy groups -OCH3 is 2. The van der Waals surface area contributed by atoms with E-state index in [0.29, 0.717) is 0 Å². The molecular formula is C24H33N3O8. The first-order valence-electron chi connectivity index (χ1n) is 11.0. The number of pyridine rings is 1. The maximum absolute atomic E-state index is 13.1. The number of ether oxygens (including phenoxy) is 5. The summed E-state index contributed by atoms with van der Waals surface area (Å²) >= 11 is 0. The van der Waals surface area contributed by atoms with Crippen molar-refractivity contribution in [3.63, 3.8) is 0 Å². The predicted octanol–water partition coefficient (Wildman–Crippen LogP) is 2.27. The third-order valence-corrected chi connectivity index (χ3v) is 4.42. The number of aromatic nitrogens is 1. The summed E-state index contributed by atoms with van der Waals surface area (Å²) in [6, 6.07) is 10.4. The highest BCUT2D eigenvalue weighted by atomic mass is 16.7. The van der Waals surface area contributed by atoms with E-state index in [1.54, 1.807) is 20.8 Å². The van der Waals surface area contributed by atoms with Crippen LogP contribution < -0.4 is 20.9 Å². The fourth-order valence-electron chi connectivity index (χ4n) is 2.83. The van der Waals surface area contributed by atoms with Gasteiger partial charge in [0.15, 0.2) is 17.7 Å². The van der Waals surface area contributed by atoms with Crippen LogP contribution in [0.5, 0.6) is 5.75 Å². The zero-order valence-corrected chi connectivity index (χ0v) is 20.7. The smallest absolute Gasteiger partial charge is 0.426 e. The molecule has 0 aliphatic carbocycles. The van der Waals surface area contributed by atoms with E-state index < -0.39 is 29.3 Å². The Kier molecular flexibility index (Phi) is 10.7. The number of rotatable bonds is 12. The Morgan fingerprint density at radius 2 is 1.74 bits per heavy atom. The second-order valence-corrected chi connectivity index (χ2v) is 8.35. The first-order chi connectivity index (χ1) is 16.6. The first-order valence-corrected chi connectivity index (χ1v) is 11.0. The van der Waals surface area contributed by atoms with Gasteiger partial charge in [0, 0.05) is 33.0 Å². The van der Waals surface area contributed by atoms with Crippen molar-refractivity contribution < 1.29 is 33.3 Å². The van der Waals surface area contributed by atoms with Crippen molar-refractivity contribution in [3.8, 4) is 5.75 Å². The number of benzene rings is 1. The van der Waals surface area contributed by atoms with Crippen LogP contribution in [0.2, 0.25) is 0 Å². The summed E-state index contributed by atoms with van der Waals surface area (Å²) in [5.41, 5.74) is 1.78. The molecule has 0 saturated carbocycles. The van der Waals surface area contributed by atoms with E-state index in [1.807, 2.05) is 30.3 Å². The Morgan fingerprint density at radius 1 is 1.06 bits per heavy atom. The van der Waals surface area contributed by atoms with Gasteiger partial charge in [-0.25, -0.2) is 14.9 Å². The lowest BCUT2D eigenvalue weighted by Crippen LogP contribution is -2.38. The Morgan fingerprint density at radius 3 is 2.37 bits per heavy atom. The third kappa shape index (κ3) is 9.39. The van der Waals surface area contributed by atoms with E-state index >= 15 is 0 Å². The molecule has 0 radical (unpaired) electrons. The van der Waals surface area contributed by atoms with Crippen molar-refractivity contribution in [1.82, 2.24) is 9.99 Å². The molecule has 2 aromatic rings. The van der Waals surface area contributed by atoms with Crippen LogP contribution in [0.1, 0.15) is 36.8 Å². The van der Waals surface area contributed by atoms with E-state index in [9.17, 15) is 14.4 Å². The van der Waals surface area contributed by atoms with Gasteiger partial charge in [0.05, 0.1) is 13.2 Å². The summed E-state index contributed by atoms with van der Waals surface area (Å²) in [5.74, 6) is -0.870. The molecule has 1 aromatic heterocycles. The van der Waals surface area contributed by atoms with Gasteiger partial charge in [0.25, 0.3) is 5.91 Å². The Bertz CT molecular complexity index is 1010. The molecule has 0 aliphatic rings. The van der Waals surface area contributed by atoms with E-state index in [1.165, 1.54) is 26.5 Å². The van der Waals surface area contributed by atoms with Crippen molar-refractivity contribution >= 4 is 12.0 Å². The predicted molar refractivity (Wildman–Crippen MR) is 128 cm³/mol. The van der Waals surface area contributed by atoms with Gasteiger partial charge in [0.2, 0.25) is 5.43 Å². The molecule has 0 unspecified atom stereocenters. The fourth-order valence-corrected chi connectivity index (χ4v) is 2.83. The molecule has 0 spiro atoms. The van der Waals surface area contributed by atoms with E-state index in [4.69, 9.17) is 23.7 Å². The molecule has 2 rings (SSSR count). The van der Waals surface area contributed by atoms with Crippen molar-refractivity contribution in [3.05, 3.63) is 64.1 Å². The quantitative estimate of drug-likeness (QED) is 0.342. The minimum absolute atomic E-state index is 0.0470. The summed E-state index contributed by atoms with van der Waals surface area (Å²) < 4.78 is 27.6. The largest absolute Gasteiger partial charge is 0.482 e. The second kappa shape index (κ2) is 13.5. The summed E-state index contributed by atoms with van der Waals surface area (Å²) in [6.45, 7) is 5.61. The molecule has 35 heavy (non-hydrogen) atoms. The van der Waals surface area contributed by atoms with E-state index in [0.717, 1.165) is 10.2 Å². The molecule has 0 aliphatic heterocycles. The summed E-state index contributed by atoms with van der Waals surface area (Å²) in [4.78, 5) is 38.1. The highest BCUT2D eigenvalue weighted by molar-refractivity contribution is 5.96. The van der Waals surface area contributed by atoms with Crippen molar-refractivity contribution in [2.75, 3.05) is 39.4 Å². The number of nitrogens with one attached hydrogen (secondary N) is 2. The maximum Gasteiger partial charge on any atom is 0.426 e. The van der Waals surface area contributed by atoms with Gasteiger partial charge < -0.3 is 29.0 Å². The second-order valence-electron chi connectivity index (χ2n) is 8.35. The van der Waals surface area contributed by atoms with Gasteiger partial charge in [-0.1, -0.05) is 30.3 Å². The Hall–Kier alpha value is -3.41. The lowest BCUT2D eigenvalue weighted by Gasteiger charge is -2.22. The van der Waals surface area contributed by atoms with Gasteiger partial charge in [-0.2, -0.15) is 0 Å². The Labute approximate surface area is 204 Å². The lowest BCUT2D eigenvalue weighted by molar-refractivity contribution is -0.139. The van der Waals surface area contributed by atoms with Gasteiger partial charge in [-0.3, -0.25) is 9.59 Å². The first kappa shape index (κ1) is 27.8. The van der Waals surface area contributed by atoms with Crippen LogP contribution in [0.25, 0.3) is 0 Å². The van der Waals surface area contributed by atoms with Crippen LogP contribution in [0.4, 0.5) is 4.79 Å². The van der Waals surface area contributed by atoms with Gasteiger partial charge in [-0.15, -0.1) is 0 Å². The van der Waals surface area contributed by atoms with Crippen molar-refractivity contribution in [1.29, 1.82) is 0 Å². The van der Waals surface area contributed by atoms with Crippen LogP contribution in [0.3, 0.4) is 0 Å². The molecule has 0 bridgehead atoms. The Balaban J connectivity index is 2.21. The minimum atomic E-state index is -0.808. The molecule has 11 heteroatoms. The normalized spacial score (nSPS) is 11.3. The SMILES string of the molecule is COC(COCCNC(=O)c1c(OCc2ccccc2)c(=O)ccn1NC(=O)OC(C)(C)C)OC. The average molecular weight is 492 g/mol. The molecule has 192 valence electrons. The summed E-state index contributed by atoms with van der Waals surface area (Å²) in [6.07, 6.45) is -0.0758. The van der Waals surface area contributed by atoms with Crippen LogP contribution >= 0.6 is 0 Å². The van der Waals surface area contributed by atoms with Gasteiger partial charge in [0.1, 0.15) is 12.2 Å². The fraction of sp³-hybridized carbons (Fsp3) is 0.458. The molecule has 2 amide bonds. The van der Waals surface area contributed by atoms with Crippen LogP contribution in [0, 0.1) is 0 Å². The molecule has 1 aromatic carbocycles. The highest BCUT2D eigenvalue weighted by Crippen LogP contribution is 2.16. The zero-order chi connectivity index (χ0) is 25.8. The van der Waals surface area contributed by atoms with Gasteiger partial charge >= 0.3 is 6.09 Å². The van der Waals surface area contributed by atoms with Crippen LogP contribution in [-0.4, -0.2) is 62.5 Å². The molecule has 0 atom stereocenters. The third-order valence-electron chi connectivity index (χ3n) is 4.42. The monoisotopic (exact) mass is 491 g/mol. The number of carbonyl (C=O) groups excluding carboxylic acids is 2.